The molecule has 3 aromatic rings. The van der Waals surface area contributed by atoms with Crippen molar-refractivity contribution < 1.29 is 17.4 Å². The number of hydrogen-bond donors (Lipinski definition) is 1. The molecule has 25 heavy (non-hydrogen) atoms. The predicted octanol–water partition coefficient (Wildman–Crippen LogP) is 3.46. The summed E-state index contributed by atoms with van der Waals surface area (Å²) in [4.78, 5) is 0.227. The topological polar surface area (TPSA) is 85.3 Å². The number of furan rings is 1. The van der Waals surface area contributed by atoms with Gasteiger partial charge in [-0.2, -0.15) is 0 Å². The number of aryl methyl sites for hydroxylation is 2. The van der Waals surface area contributed by atoms with Crippen molar-refractivity contribution in [2.75, 3.05) is 0 Å². The summed E-state index contributed by atoms with van der Waals surface area (Å²) in [6.07, 6.45) is 2.05. The molecule has 0 unspecified atom stereocenters. The summed E-state index contributed by atoms with van der Waals surface area (Å²) < 4.78 is 38.8. The normalized spacial score (nSPS) is 13.1. The van der Waals surface area contributed by atoms with Gasteiger partial charge in [-0.25, -0.2) is 13.1 Å². The standard InChI is InChI=1S/C18H20N2O4S/c1-12-6-7-15(17-10-13(2)19-24-17)11-18(12)25(21,22)20-14(3)9-16-5-4-8-23-16/h4-8,10-11,14,20H,9H2,1-3H3/t14-/m1/s1. The lowest BCUT2D eigenvalue weighted by molar-refractivity contribution is 0.427. The Kier molecular flexibility index (Phi) is 4.78. The third-order valence-corrected chi connectivity index (χ3v) is 5.57. The van der Waals surface area contributed by atoms with E-state index >= 15 is 0 Å². The Balaban J connectivity index is 1.86. The molecule has 7 heteroatoms. The molecule has 2 heterocycles. The van der Waals surface area contributed by atoms with Gasteiger partial charge in [0.1, 0.15) is 5.76 Å². The van der Waals surface area contributed by atoms with E-state index in [0.29, 0.717) is 23.3 Å². The molecule has 0 aliphatic rings. The lowest BCUT2D eigenvalue weighted by atomic mass is 10.1. The molecule has 0 saturated carbocycles. The van der Waals surface area contributed by atoms with Gasteiger partial charge in [0.2, 0.25) is 10.0 Å². The first-order valence-electron chi connectivity index (χ1n) is 7.94. The summed E-state index contributed by atoms with van der Waals surface area (Å²) in [5.74, 6) is 1.27. The van der Waals surface area contributed by atoms with Crippen LogP contribution in [-0.2, 0) is 16.4 Å². The first-order chi connectivity index (χ1) is 11.8. The Morgan fingerprint density at radius 1 is 1.20 bits per heavy atom. The Morgan fingerprint density at radius 2 is 2.00 bits per heavy atom. The first-order valence-corrected chi connectivity index (χ1v) is 9.42. The predicted molar refractivity (Wildman–Crippen MR) is 93.6 cm³/mol. The fourth-order valence-corrected chi connectivity index (χ4v) is 4.16. The third kappa shape index (κ3) is 4.00. The molecular weight excluding hydrogens is 340 g/mol. The lowest BCUT2D eigenvalue weighted by Gasteiger charge is -2.15. The molecule has 0 aliphatic heterocycles. The summed E-state index contributed by atoms with van der Waals surface area (Å²) in [6, 6.07) is 10.3. The second-order valence-corrected chi connectivity index (χ2v) is 7.80. The largest absolute Gasteiger partial charge is 0.469 e. The van der Waals surface area contributed by atoms with Crippen LogP contribution < -0.4 is 4.72 Å². The minimum atomic E-state index is -3.67. The summed E-state index contributed by atoms with van der Waals surface area (Å²) >= 11 is 0. The van der Waals surface area contributed by atoms with Crippen LogP contribution >= 0.6 is 0 Å². The molecule has 0 amide bonds. The molecule has 0 fully saturated rings. The highest BCUT2D eigenvalue weighted by atomic mass is 32.2. The van der Waals surface area contributed by atoms with Gasteiger partial charge in [-0.05, 0) is 44.5 Å². The number of benzene rings is 1. The second-order valence-electron chi connectivity index (χ2n) is 6.12. The van der Waals surface area contributed by atoms with Crippen molar-refractivity contribution in [3.05, 3.63) is 59.7 Å². The van der Waals surface area contributed by atoms with Crippen LogP contribution in [0.3, 0.4) is 0 Å². The van der Waals surface area contributed by atoms with Crippen LogP contribution in [-0.4, -0.2) is 19.6 Å². The molecule has 2 aromatic heterocycles. The third-order valence-electron chi connectivity index (χ3n) is 3.83. The quantitative estimate of drug-likeness (QED) is 0.727. The summed E-state index contributed by atoms with van der Waals surface area (Å²) in [5.41, 5.74) is 2.08. The molecule has 0 bridgehead atoms. The van der Waals surface area contributed by atoms with Gasteiger partial charge >= 0.3 is 0 Å². The minimum absolute atomic E-state index is 0.227. The molecule has 0 radical (unpaired) electrons. The van der Waals surface area contributed by atoms with E-state index in [1.165, 1.54) is 0 Å². The van der Waals surface area contributed by atoms with Crippen LogP contribution in [0.25, 0.3) is 11.3 Å². The van der Waals surface area contributed by atoms with Crippen molar-refractivity contribution >= 4 is 10.0 Å². The summed E-state index contributed by atoms with van der Waals surface area (Å²) in [7, 11) is -3.67. The summed E-state index contributed by atoms with van der Waals surface area (Å²) in [5, 5.41) is 3.85. The van der Waals surface area contributed by atoms with Crippen LogP contribution in [0.5, 0.6) is 0 Å². The molecule has 132 valence electrons. The maximum Gasteiger partial charge on any atom is 0.241 e. The maximum atomic E-state index is 12.8. The number of nitrogens with zero attached hydrogens (tertiary/aromatic N) is 1. The van der Waals surface area contributed by atoms with Gasteiger partial charge in [-0.1, -0.05) is 17.3 Å². The molecule has 0 saturated heterocycles. The molecule has 1 atom stereocenters. The van der Waals surface area contributed by atoms with E-state index in [0.717, 1.165) is 11.5 Å². The average molecular weight is 360 g/mol. The van der Waals surface area contributed by atoms with E-state index in [-0.39, 0.29) is 10.9 Å². The molecule has 1 aromatic carbocycles. The zero-order valence-electron chi connectivity index (χ0n) is 14.3. The maximum absolute atomic E-state index is 12.8. The van der Waals surface area contributed by atoms with Crippen LogP contribution in [0, 0.1) is 13.8 Å². The van der Waals surface area contributed by atoms with Gasteiger partial charge in [-0.15, -0.1) is 0 Å². The highest BCUT2D eigenvalue weighted by Crippen LogP contribution is 2.26. The van der Waals surface area contributed by atoms with Crippen molar-refractivity contribution in [3.8, 4) is 11.3 Å². The Hall–Kier alpha value is -2.38. The molecular formula is C18H20N2O4S. The Labute approximate surface area is 146 Å². The van der Waals surface area contributed by atoms with Gasteiger partial charge in [0.15, 0.2) is 5.76 Å². The van der Waals surface area contributed by atoms with Crippen LogP contribution in [0.2, 0.25) is 0 Å². The number of sulfonamides is 1. The SMILES string of the molecule is Cc1cc(-c2ccc(C)c(S(=O)(=O)N[C@H](C)Cc3ccco3)c2)on1. The van der Waals surface area contributed by atoms with Crippen molar-refractivity contribution in [2.24, 2.45) is 0 Å². The molecule has 6 nitrogen and oxygen atoms in total. The molecule has 0 spiro atoms. The van der Waals surface area contributed by atoms with E-state index in [4.69, 9.17) is 8.94 Å². The van der Waals surface area contributed by atoms with Gasteiger partial charge in [0.05, 0.1) is 16.9 Å². The van der Waals surface area contributed by atoms with Crippen LogP contribution in [0.1, 0.15) is 23.9 Å². The van der Waals surface area contributed by atoms with E-state index in [9.17, 15) is 8.42 Å². The first kappa shape index (κ1) is 17.4. The van der Waals surface area contributed by atoms with Gasteiger partial charge in [-0.3, -0.25) is 0 Å². The monoisotopic (exact) mass is 360 g/mol. The van der Waals surface area contributed by atoms with Crippen molar-refractivity contribution in [2.45, 2.75) is 38.1 Å². The van der Waals surface area contributed by atoms with Gasteiger partial charge < -0.3 is 8.94 Å². The zero-order valence-corrected chi connectivity index (χ0v) is 15.1. The zero-order chi connectivity index (χ0) is 18.0. The van der Waals surface area contributed by atoms with E-state index in [1.54, 1.807) is 44.4 Å². The van der Waals surface area contributed by atoms with E-state index in [2.05, 4.69) is 9.88 Å². The van der Waals surface area contributed by atoms with Crippen molar-refractivity contribution in [3.63, 3.8) is 0 Å². The Morgan fingerprint density at radius 3 is 2.64 bits per heavy atom. The van der Waals surface area contributed by atoms with E-state index < -0.39 is 10.0 Å². The Bertz CT molecular complexity index is 959. The summed E-state index contributed by atoms with van der Waals surface area (Å²) in [6.45, 7) is 5.39. The van der Waals surface area contributed by atoms with Crippen molar-refractivity contribution in [1.29, 1.82) is 0 Å². The fourth-order valence-electron chi connectivity index (χ4n) is 2.64. The smallest absolute Gasteiger partial charge is 0.241 e. The molecule has 1 N–H and O–H groups in total. The van der Waals surface area contributed by atoms with Crippen LogP contribution in [0.15, 0.2) is 56.5 Å². The minimum Gasteiger partial charge on any atom is -0.469 e. The highest BCUT2D eigenvalue weighted by Gasteiger charge is 2.21. The van der Waals surface area contributed by atoms with Crippen LogP contribution in [0.4, 0.5) is 0 Å². The number of hydrogen-bond acceptors (Lipinski definition) is 5. The number of rotatable bonds is 6. The lowest BCUT2D eigenvalue weighted by Crippen LogP contribution is -2.34. The number of nitrogens with one attached hydrogen (secondary N) is 1. The van der Waals surface area contributed by atoms with Gasteiger partial charge in [0.25, 0.3) is 0 Å². The van der Waals surface area contributed by atoms with Crippen molar-refractivity contribution in [1.82, 2.24) is 9.88 Å². The van der Waals surface area contributed by atoms with Gasteiger partial charge in [0, 0.05) is 24.1 Å². The highest BCUT2D eigenvalue weighted by molar-refractivity contribution is 7.89. The number of aromatic nitrogens is 1. The fraction of sp³-hybridized carbons (Fsp3) is 0.278. The second kappa shape index (κ2) is 6.85. The molecule has 0 aliphatic carbocycles. The van der Waals surface area contributed by atoms with E-state index in [1.807, 2.05) is 19.1 Å². The molecule has 3 rings (SSSR count). The average Bonchev–Trinajstić information content (AvgIpc) is 3.18.